The molecule has 1 fully saturated rings. The molecule has 1 aliphatic carbocycles. The van der Waals surface area contributed by atoms with Crippen LogP contribution in [0.25, 0.3) is 0 Å². The first kappa shape index (κ1) is 24.1. The van der Waals surface area contributed by atoms with E-state index in [1.165, 1.54) is 17.5 Å². The van der Waals surface area contributed by atoms with Crippen LogP contribution in [0.4, 0.5) is 5.82 Å². The average Bonchev–Trinajstić information content (AvgIpc) is 2.83. The maximum Gasteiger partial charge on any atom is 0.270 e. The van der Waals surface area contributed by atoms with Gasteiger partial charge in [0, 0.05) is 51.3 Å². The van der Waals surface area contributed by atoms with E-state index in [-0.39, 0.29) is 36.1 Å². The van der Waals surface area contributed by atoms with E-state index in [1.807, 2.05) is 6.07 Å². The molecule has 1 atom stereocenters. The van der Waals surface area contributed by atoms with E-state index in [1.54, 1.807) is 13.0 Å². The lowest BCUT2D eigenvalue weighted by Gasteiger charge is -2.30. The summed E-state index contributed by atoms with van der Waals surface area (Å²) in [5.74, 6) is 0.285. The minimum Gasteiger partial charge on any atom is -0.390 e. The van der Waals surface area contributed by atoms with Crippen molar-refractivity contribution in [2.75, 3.05) is 25.0 Å². The number of β-amino-alcohol motifs (C(OH)–C–C–N with tert-alkyl or cyclic N) is 1. The van der Waals surface area contributed by atoms with Gasteiger partial charge in [-0.25, -0.2) is 9.97 Å². The standard InChI is InChI=1S/C25H34N6O3/c1-17(32)29-20-6-8-21(9-7-20)30-24-12-23(27-16-28-24)25(34)26-13-22(33)15-31-11-10-18-4-2-3-5-19(18)14-31/h2-5,12,16,20-22,33H,6-11,13-15H2,1H3,(H,26,34)(H,29,32)(H,27,28,30)/t20?,21?,22-/m0/s1. The van der Waals surface area contributed by atoms with Crippen LogP contribution in [-0.4, -0.2) is 69.6 Å². The SMILES string of the molecule is CC(=O)NC1CCC(Nc2cc(C(=O)NC[C@H](O)CN3CCc4ccccc4C3)ncn2)CC1. The summed E-state index contributed by atoms with van der Waals surface area (Å²) in [4.78, 5) is 34.4. The van der Waals surface area contributed by atoms with Gasteiger partial charge < -0.3 is 21.1 Å². The summed E-state index contributed by atoms with van der Waals surface area (Å²) < 4.78 is 0. The third-order valence-corrected chi connectivity index (χ3v) is 6.56. The van der Waals surface area contributed by atoms with Gasteiger partial charge in [-0.05, 0) is 43.2 Å². The molecule has 2 aromatic rings. The van der Waals surface area contributed by atoms with Crippen LogP contribution in [0.15, 0.2) is 36.7 Å². The number of aliphatic hydroxyl groups excluding tert-OH is 1. The van der Waals surface area contributed by atoms with Gasteiger partial charge in [0.05, 0.1) is 6.10 Å². The average molecular weight is 467 g/mol. The number of carbonyl (C=O) groups excluding carboxylic acids is 2. The summed E-state index contributed by atoms with van der Waals surface area (Å²) in [6, 6.07) is 10.5. The first-order valence-corrected chi connectivity index (χ1v) is 12.1. The first-order chi connectivity index (χ1) is 16.5. The van der Waals surface area contributed by atoms with Crippen LogP contribution in [-0.2, 0) is 17.8 Å². The molecule has 0 saturated heterocycles. The lowest BCUT2D eigenvalue weighted by Crippen LogP contribution is -2.42. The minimum absolute atomic E-state index is 0.00856. The van der Waals surface area contributed by atoms with Gasteiger partial charge in [0.1, 0.15) is 17.8 Å². The fraction of sp³-hybridized carbons (Fsp3) is 0.520. The number of nitrogens with one attached hydrogen (secondary N) is 3. The molecule has 2 aliphatic rings. The molecule has 2 amide bonds. The monoisotopic (exact) mass is 466 g/mol. The highest BCUT2D eigenvalue weighted by molar-refractivity contribution is 5.92. The van der Waals surface area contributed by atoms with E-state index < -0.39 is 6.10 Å². The summed E-state index contributed by atoms with van der Waals surface area (Å²) in [5.41, 5.74) is 2.94. The summed E-state index contributed by atoms with van der Waals surface area (Å²) in [6.07, 6.45) is 5.36. The number of hydrogen-bond acceptors (Lipinski definition) is 7. The van der Waals surface area contributed by atoms with E-state index in [9.17, 15) is 14.7 Å². The Bertz CT molecular complexity index is 992. The van der Waals surface area contributed by atoms with Crippen molar-refractivity contribution in [2.45, 2.75) is 63.8 Å². The third kappa shape index (κ3) is 6.74. The minimum atomic E-state index is -0.660. The maximum atomic E-state index is 12.6. The van der Waals surface area contributed by atoms with Crippen molar-refractivity contribution in [3.8, 4) is 0 Å². The van der Waals surface area contributed by atoms with Crippen molar-refractivity contribution in [1.82, 2.24) is 25.5 Å². The van der Waals surface area contributed by atoms with Crippen LogP contribution in [0.5, 0.6) is 0 Å². The molecule has 182 valence electrons. The molecule has 4 N–H and O–H groups in total. The van der Waals surface area contributed by atoms with E-state index in [0.29, 0.717) is 12.4 Å². The van der Waals surface area contributed by atoms with Crippen molar-refractivity contribution in [1.29, 1.82) is 0 Å². The Labute approximate surface area is 200 Å². The van der Waals surface area contributed by atoms with E-state index in [4.69, 9.17) is 0 Å². The van der Waals surface area contributed by atoms with Crippen LogP contribution in [0.3, 0.4) is 0 Å². The number of rotatable bonds is 8. The normalized spacial score (nSPS) is 21.2. The Hall–Kier alpha value is -3.04. The van der Waals surface area contributed by atoms with Crippen LogP contribution in [0.1, 0.15) is 54.2 Å². The molecule has 2 heterocycles. The van der Waals surface area contributed by atoms with Gasteiger partial charge in [0.2, 0.25) is 5.91 Å². The zero-order valence-corrected chi connectivity index (χ0v) is 19.7. The molecule has 1 aromatic carbocycles. The van der Waals surface area contributed by atoms with Crippen LogP contribution >= 0.6 is 0 Å². The van der Waals surface area contributed by atoms with E-state index >= 15 is 0 Å². The summed E-state index contributed by atoms with van der Waals surface area (Å²) in [5, 5.41) is 19.6. The molecule has 0 spiro atoms. The number of anilines is 1. The molecule has 1 aromatic heterocycles. The third-order valence-electron chi connectivity index (χ3n) is 6.56. The molecule has 0 bridgehead atoms. The molecular formula is C25H34N6O3. The number of aromatic nitrogens is 2. The Kier molecular flexibility index (Phi) is 8.08. The van der Waals surface area contributed by atoms with E-state index in [0.717, 1.165) is 45.2 Å². The van der Waals surface area contributed by atoms with Gasteiger partial charge in [-0.2, -0.15) is 0 Å². The summed E-state index contributed by atoms with van der Waals surface area (Å²) >= 11 is 0. The van der Waals surface area contributed by atoms with Gasteiger partial charge in [0.25, 0.3) is 5.91 Å². The smallest absolute Gasteiger partial charge is 0.270 e. The lowest BCUT2D eigenvalue weighted by molar-refractivity contribution is -0.119. The number of nitrogens with zero attached hydrogens (tertiary/aromatic N) is 3. The Balaban J connectivity index is 1.21. The zero-order chi connectivity index (χ0) is 23.9. The van der Waals surface area contributed by atoms with Crippen LogP contribution < -0.4 is 16.0 Å². The van der Waals surface area contributed by atoms with Crippen molar-refractivity contribution in [3.05, 3.63) is 53.5 Å². The second-order valence-corrected chi connectivity index (χ2v) is 9.30. The fourth-order valence-corrected chi connectivity index (χ4v) is 4.81. The van der Waals surface area contributed by atoms with Crippen molar-refractivity contribution in [2.24, 2.45) is 0 Å². The predicted molar refractivity (Wildman–Crippen MR) is 129 cm³/mol. The van der Waals surface area contributed by atoms with Gasteiger partial charge >= 0.3 is 0 Å². The number of fused-ring (bicyclic) bond motifs is 1. The number of benzene rings is 1. The van der Waals surface area contributed by atoms with E-state index in [2.05, 4.69) is 49.0 Å². The van der Waals surface area contributed by atoms with Crippen molar-refractivity contribution in [3.63, 3.8) is 0 Å². The molecule has 1 aliphatic heterocycles. The topological polar surface area (TPSA) is 119 Å². The van der Waals surface area contributed by atoms with Crippen molar-refractivity contribution < 1.29 is 14.7 Å². The van der Waals surface area contributed by atoms with Crippen molar-refractivity contribution >= 4 is 17.6 Å². The highest BCUT2D eigenvalue weighted by Gasteiger charge is 2.23. The Morgan fingerprint density at radius 2 is 1.85 bits per heavy atom. The number of aliphatic hydroxyl groups is 1. The van der Waals surface area contributed by atoms with Gasteiger partial charge in [-0.1, -0.05) is 24.3 Å². The Morgan fingerprint density at radius 1 is 1.12 bits per heavy atom. The second-order valence-electron chi connectivity index (χ2n) is 9.30. The van der Waals surface area contributed by atoms with Gasteiger partial charge in [-0.3, -0.25) is 14.5 Å². The van der Waals surface area contributed by atoms with Gasteiger partial charge in [-0.15, -0.1) is 0 Å². The van der Waals surface area contributed by atoms with Crippen LogP contribution in [0, 0.1) is 0 Å². The van der Waals surface area contributed by atoms with Gasteiger partial charge in [0.15, 0.2) is 0 Å². The zero-order valence-electron chi connectivity index (χ0n) is 19.7. The highest BCUT2D eigenvalue weighted by atomic mass is 16.3. The molecular weight excluding hydrogens is 432 g/mol. The fourth-order valence-electron chi connectivity index (χ4n) is 4.81. The summed E-state index contributed by atoms with van der Waals surface area (Å²) in [7, 11) is 0. The van der Waals surface area contributed by atoms with Crippen LogP contribution in [0.2, 0.25) is 0 Å². The lowest BCUT2D eigenvalue weighted by atomic mass is 9.91. The molecule has 0 unspecified atom stereocenters. The largest absolute Gasteiger partial charge is 0.390 e. The predicted octanol–water partition coefficient (Wildman–Crippen LogP) is 1.48. The maximum absolute atomic E-state index is 12.6. The molecule has 34 heavy (non-hydrogen) atoms. The number of hydrogen-bond donors (Lipinski definition) is 4. The molecule has 9 nitrogen and oxygen atoms in total. The highest BCUT2D eigenvalue weighted by Crippen LogP contribution is 2.22. The second kappa shape index (κ2) is 11.4. The quantitative estimate of drug-likeness (QED) is 0.465. The first-order valence-electron chi connectivity index (χ1n) is 12.1. The molecule has 1 saturated carbocycles. The summed E-state index contributed by atoms with van der Waals surface area (Å²) in [6.45, 7) is 3.93. The molecule has 0 radical (unpaired) electrons. The Morgan fingerprint density at radius 3 is 2.62 bits per heavy atom. The molecule has 9 heteroatoms. The molecule has 4 rings (SSSR count). The number of carbonyl (C=O) groups is 2. The number of amides is 2.